The van der Waals surface area contributed by atoms with E-state index >= 15 is 0 Å². The highest BCUT2D eigenvalue weighted by Crippen LogP contribution is 2.40. The molecule has 7 heteroatoms. The number of carbonyl (C=O) groups is 1. The van der Waals surface area contributed by atoms with Crippen LogP contribution in [0.15, 0.2) is 67.0 Å². The molecule has 1 saturated heterocycles. The number of benzene rings is 2. The Hall–Kier alpha value is -3.00. The van der Waals surface area contributed by atoms with Crippen LogP contribution in [0, 0.1) is 0 Å². The molecular weight excluding hydrogens is 440 g/mol. The molecule has 184 valence electrons. The number of piperazine rings is 1. The summed E-state index contributed by atoms with van der Waals surface area (Å²) in [5, 5.41) is 24.8. The molecule has 0 bridgehead atoms. The summed E-state index contributed by atoms with van der Waals surface area (Å²) in [7, 11) is 0. The fourth-order valence-electron chi connectivity index (χ4n) is 5.66. The molecule has 0 spiro atoms. The molecule has 2 aromatic carbocycles. The first-order valence-electron chi connectivity index (χ1n) is 12.6. The summed E-state index contributed by atoms with van der Waals surface area (Å²) in [6.07, 6.45) is 5.54. The van der Waals surface area contributed by atoms with Gasteiger partial charge in [0.15, 0.2) is 5.69 Å². The summed E-state index contributed by atoms with van der Waals surface area (Å²) in [6.45, 7) is 1.77. The molecule has 1 amide bonds. The molecular formula is C28H34N4O3. The lowest BCUT2D eigenvalue weighted by Crippen LogP contribution is -2.54. The second kappa shape index (κ2) is 10.3. The van der Waals surface area contributed by atoms with Crippen LogP contribution in [0.1, 0.15) is 47.8 Å². The molecule has 3 N–H and O–H groups in total. The first kappa shape index (κ1) is 23.7. The molecule has 2 fully saturated rings. The Kier molecular flexibility index (Phi) is 7.00. The molecule has 0 radical (unpaired) electrons. The highest BCUT2D eigenvalue weighted by atomic mass is 16.3. The van der Waals surface area contributed by atoms with Crippen LogP contribution in [-0.2, 0) is 6.42 Å². The van der Waals surface area contributed by atoms with Crippen molar-refractivity contribution >= 4 is 5.91 Å². The van der Waals surface area contributed by atoms with Gasteiger partial charge in [-0.15, -0.1) is 0 Å². The van der Waals surface area contributed by atoms with Gasteiger partial charge < -0.3 is 25.0 Å². The zero-order chi connectivity index (χ0) is 24.3. The number of aliphatic hydroxyl groups excluding tert-OH is 1. The third-order valence-electron chi connectivity index (χ3n) is 7.54. The summed E-state index contributed by atoms with van der Waals surface area (Å²) in [6, 6.07) is 19.7. The lowest BCUT2D eigenvalue weighted by molar-refractivity contribution is -0.0787. The number of amides is 1. The van der Waals surface area contributed by atoms with E-state index in [1.54, 1.807) is 6.33 Å². The van der Waals surface area contributed by atoms with Crippen LogP contribution >= 0.6 is 0 Å². The van der Waals surface area contributed by atoms with Crippen molar-refractivity contribution < 1.29 is 15.0 Å². The van der Waals surface area contributed by atoms with Crippen molar-refractivity contribution in [3.8, 4) is 11.3 Å². The van der Waals surface area contributed by atoms with Crippen molar-refractivity contribution in [3.05, 3.63) is 78.2 Å². The van der Waals surface area contributed by atoms with Gasteiger partial charge >= 0.3 is 0 Å². The Labute approximate surface area is 206 Å². The number of hydrogen-bond donors (Lipinski definition) is 3. The van der Waals surface area contributed by atoms with Gasteiger partial charge in [0.1, 0.15) is 5.60 Å². The minimum atomic E-state index is -1.23. The van der Waals surface area contributed by atoms with E-state index in [9.17, 15) is 15.0 Å². The predicted molar refractivity (Wildman–Crippen MR) is 135 cm³/mol. The summed E-state index contributed by atoms with van der Waals surface area (Å²) >= 11 is 0. The number of rotatable bonds is 6. The maximum Gasteiger partial charge on any atom is 0.275 e. The van der Waals surface area contributed by atoms with Crippen molar-refractivity contribution in [1.29, 1.82) is 0 Å². The Morgan fingerprint density at radius 2 is 1.83 bits per heavy atom. The average Bonchev–Trinajstić information content (AvgIpc) is 3.35. The molecule has 5 rings (SSSR count). The van der Waals surface area contributed by atoms with Crippen LogP contribution in [0.3, 0.4) is 0 Å². The maximum atomic E-state index is 14.0. The SMILES string of the molecule is O=C(c1ncn(C2CCCCC2(O)CO)c1-c1ccccc1)N1CCNC[C@H]1Cc1ccccc1. The van der Waals surface area contributed by atoms with Gasteiger partial charge in [-0.05, 0) is 24.8 Å². The number of nitrogens with zero attached hydrogens (tertiary/aromatic N) is 3. The Balaban J connectivity index is 1.53. The van der Waals surface area contributed by atoms with Gasteiger partial charge in [-0.3, -0.25) is 4.79 Å². The fraction of sp³-hybridized carbons (Fsp3) is 0.429. The number of aromatic nitrogens is 2. The van der Waals surface area contributed by atoms with E-state index in [1.165, 1.54) is 5.56 Å². The molecule has 1 aliphatic carbocycles. The Bertz CT molecular complexity index is 1130. The standard InChI is InChI=1S/C28H34N4O3/c33-19-28(35)14-8-7-13-24(28)32-20-30-25(26(32)22-11-5-2-6-12-22)27(34)31-16-15-29-18-23(31)17-21-9-3-1-4-10-21/h1-6,9-12,20,23-24,29,33,35H,7-8,13-19H2/t23-,24?,28?/m1/s1. The van der Waals surface area contributed by atoms with Crippen LogP contribution < -0.4 is 5.32 Å². The van der Waals surface area contributed by atoms with Gasteiger partial charge in [-0.1, -0.05) is 73.5 Å². The first-order valence-corrected chi connectivity index (χ1v) is 12.6. The van der Waals surface area contributed by atoms with Crippen LogP contribution in [0.5, 0.6) is 0 Å². The molecule has 2 heterocycles. The maximum absolute atomic E-state index is 14.0. The second-order valence-electron chi connectivity index (χ2n) is 9.78. The third kappa shape index (κ3) is 4.76. The highest BCUT2D eigenvalue weighted by molar-refractivity contribution is 5.98. The summed E-state index contributed by atoms with van der Waals surface area (Å²) < 4.78 is 1.94. The van der Waals surface area contributed by atoms with E-state index in [-0.39, 0.29) is 24.6 Å². The van der Waals surface area contributed by atoms with Crippen LogP contribution in [-0.4, -0.2) is 68.5 Å². The largest absolute Gasteiger partial charge is 0.393 e. The third-order valence-corrected chi connectivity index (χ3v) is 7.54. The van der Waals surface area contributed by atoms with Crippen LogP contribution in [0.4, 0.5) is 0 Å². The number of hydrogen-bond acceptors (Lipinski definition) is 5. The number of carbonyl (C=O) groups excluding carboxylic acids is 1. The van der Waals surface area contributed by atoms with Gasteiger partial charge in [0.05, 0.1) is 24.7 Å². The minimum Gasteiger partial charge on any atom is -0.393 e. The number of imidazole rings is 1. The smallest absolute Gasteiger partial charge is 0.275 e. The fourth-order valence-corrected chi connectivity index (χ4v) is 5.66. The van der Waals surface area contributed by atoms with Crippen molar-refractivity contribution in [2.24, 2.45) is 0 Å². The van der Waals surface area contributed by atoms with Gasteiger partial charge in [0.2, 0.25) is 0 Å². The van der Waals surface area contributed by atoms with Crippen LogP contribution in [0.2, 0.25) is 0 Å². The van der Waals surface area contributed by atoms with E-state index in [2.05, 4.69) is 22.4 Å². The van der Waals surface area contributed by atoms with Crippen molar-refractivity contribution in [1.82, 2.24) is 19.8 Å². The Morgan fingerprint density at radius 1 is 1.09 bits per heavy atom. The molecule has 3 aromatic rings. The molecule has 1 saturated carbocycles. The quantitative estimate of drug-likeness (QED) is 0.511. The van der Waals surface area contributed by atoms with Gasteiger partial charge in [0.25, 0.3) is 5.91 Å². The molecule has 2 aliphatic rings. The average molecular weight is 475 g/mol. The first-order chi connectivity index (χ1) is 17.1. The predicted octanol–water partition coefficient (Wildman–Crippen LogP) is 3.05. The second-order valence-corrected chi connectivity index (χ2v) is 9.78. The molecule has 3 atom stereocenters. The topological polar surface area (TPSA) is 90.6 Å². The van der Waals surface area contributed by atoms with Gasteiger partial charge in [-0.25, -0.2) is 4.98 Å². The zero-order valence-electron chi connectivity index (χ0n) is 20.0. The van der Waals surface area contributed by atoms with Crippen LogP contribution in [0.25, 0.3) is 11.3 Å². The zero-order valence-corrected chi connectivity index (χ0v) is 20.0. The monoisotopic (exact) mass is 474 g/mol. The molecule has 35 heavy (non-hydrogen) atoms. The van der Waals surface area contributed by atoms with Gasteiger partial charge in [-0.2, -0.15) is 0 Å². The number of nitrogens with one attached hydrogen (secondary N) is 1. The molecule has 2 unspecified atom stereocenters. The normalized spacial score (nSPS) is 24.9. The molecule has 7 nitrogen and oxygen atoms in total. The lowest BCUT2D eigenvalue weighted by atomic mass is 9.80. The van der Waals surface area contributed by atoms with E-state index < -0.39 is 5.60 Å². The molecule has 1 aliphatic heterocycles. The summed E-state index contributed by atoms with van der Waals surface area (Å²) in [5.41, 5.74) is 1.97. The Morgan fingerprint density at radius 3 is 2.57 bits per heavy atom. The summed E-state index contributed by atoms with van der Waals surface area (Å²) in [4.78, 5) is 20.6. The lowest BCUT2D eigenvalue weighted by Gasteiger charge is -2.40. The number of aliphatic hydroxyl groups is 2. The molecule has 1 aromatic heterocycles. The van der Waals surface area contributed by atoms with E-state index in [0.717, 1.165) is 44.3 Å². The highest BCUT2D eigenvalue weighted by Gasteiger charge is 2.42. The van der Waals surface area contributed by atoms with Crippen molar-refractivity contribution in [3.63, 3.8) is 0 Å². The van der Waals surface area contributed by atoms with Crippen molar-refractivity contribution in [2.45, 2.75) is 49.8 Å². The van der Waals surface area contributed by atoms with E-state index in [4.69, 9.17) is 0 Å². The minimum absolute atomic E-state index is 0.0245. The van der Waals surface area contributed by atoms with Crippen molar-refractivity contribution in [2.75, 3.05) is 26.2 Å². The van der Waals surface area contributed by atoms with E-state index in [0.29, 0.717) is 24.4 Å². The summed E-state index contributed by atoms with van der Waals surface area (Å²) in [5.74, 6) is -0.0895. The van der Waals surface area contributed by atoms with E-state index in [1.807, 2.05) is 58.0 Å². The van der Waals surface area contributed by atoms with Gasteiger partial charge in [0, 0.05) is 31.2 Å².